The maximum atomic E-state index is 13.8. The highest BCUT2D eigenvalue weighted by Crippen LogP contribution is 2.42. The molecule has 7 nitrogen and oxygen atoms in total. The molecule has 0 spiro atoms. The van der Waals surface area contributed by atoms with Crippen molar-refractivity contribution in [2.45, 2.75) is 69.8 Å². The molecule has 0 radical (unpaired) electrons. The van der Waals surface area contributed by atoms with Gasteiger partial charge >= 0.3 is 6.18 Å². The van der Waals surface area contributed by atoms with E-state index in [9.17, 15) is 31.5 Å². The fraction of sp³-hybridized carbons (Fsp3) is 0.542. The Labute approximate surface area is 203 Å². The average molecular weight is 511 g/mol. The number of hydrogen-bond donors (Lipinski definition) is 2. The normalized spacial score (nSPS) is 18.7. The molecule has 0 bridgehead atoms. The molecule has 194 valence electrons. The lowest BCUT2D eigenvalue weighted by Gasteiger charge is -2.30. The molecule has 1 aliphatic heterocycles. The highest BCUT2D eigenvalue weighted by atomic mass is 19.4. The number of aromatic nitrogens is 2. The Hall–Kier alpha value is -3.02. The number of imidazole rings is 1. The summed E-state index contributed by atoms with van der Waals surface area (Å²) in [6.45, 7) is -0.271. The van der Waals surface area contributed by atoms with Crippen LogP contribution in [0.1, 0.15) is 60.7 Å². The van der Waals surface area contributed by atoms with Gasteiger partial charge in [-0.3, -0.25) is 9.59 Å². The van der Waals surface area contributed by atoms with E-state index < -0.39 is 29.7 Å². The number of amides is 2. The van der Waals surface area contributed by atoms with Gasteiger partial charge in [0.2, 0.25) is 17.6 Å². The fourth-order valence-corrected chi connectivity index (χ4v) is 4.72. The molecule has 1 atom stereocenters. The molecular weight excluding hydrogens is 485 g/mol. The molecule has 2 aromatic rings. The average Bonchev–Trinajstić information content (AvgIpc) is 3.72. The largest absolute Gasteiger partial charge is 0.449 e. The molecular formula is C24H26F5N5O2. The van der Waals surface area contributed by atoms with Crippen LogP contribution in [0.4, 0.5) is 27.8 Å². The summed E-state index contributed by atoms with van der Waals surface area (Å²) in [4.78, 5) is 30.2. The summed E-state index contributed by atoms with van der Waals surface area (Å²) in [5, 5.41) is 2.49. The lowest BCUT2D eigenvalue weighted by Crippen LogP contribution is -2.42. The van der Waals surface area contributed by atoms with Gasteiger partial charge in [0, 0.05) is 31.5 Å². The van der Waals surface area contributed by atoms with Gasteiger partial charge < -0.3 is 20.5 Å². The van der Waals surface area contributed by atoms with E-state index in [4.69, 9.17) is 5.73 Å². The number of nitrogens with one attached hydrogen (secondary N) is 1. The van der Waals surface area contributed by atoms with Crippen molar-refractivity contribution in [1.29, 1.82) is 0 Å². The van der Waals surface area contributed by atoms with Crippen LogP contribution in [0.25, 0.3) is 0 Å². The summed E-state index contributed by atoms with van der Waals surface area (Å²) in [7, 11) is 0. The summed E-state index contributed by atoms with van der Waals surface area (Å²) >= 11 is 0. The van der Waals surface area contributed by atoms with Gasteiger partial charge in [-0.1, -0.05) is 0 Å². The van der Waals surface area contributed by atoms with Crippen LogP contribution in [0.3, 0.4) is 0 Å². The molecule has 2 amide bonds. The number of nitrogens with two attached hydrogens (primary N) is 1. The number of hydrogen-bond acceptors (Lipinski definition) is 4. The van der Waals surface area contributed by atoms with Crippen molar-refractivity contribution < 1.29 is 31.5 Å². The number of halogens is 5. The molecule has 3 aliphatic rings. The molecule has 1 aromatic carbocycles. The first-order valence-corrected chi connectivity index (χ1v) is 12.0. The highest BCUT2D eigenvalue weighted by molar-refractivity contribution is 5.93. The second kappa shape index (κ2) is 9.13. The molecule has 1 aromatic heterocycles. The quantitative estimate of drug-likeness (QED) is 0.555. The zero-order chi connectivity index (χ0) is 25.8. The van der Waals surface area contributed by atoms with E-state index in [1.54, 1.807) is 0 Å². The summed E-state index contributed by atoms with van der Waals surface area (Å²) in [6.07, 6.45) is -1.54. The van der Waals surface area contributed by atoms with Crippen molar-refractivity contribution in [2.24, 2.45) is 11.7 Å². The molecule has 3 N–H and O–H groups in total. The first-order valence-electron chi connectivity index (χ1n) is 12.0. The van der Waals surface area contributed by atoms with E-state index in [0.717, 1.165) is 23.5 Å². The van der Waals surface area contributed by atoms with Crippen molar-refractivity contribution in [1.82, 2.24) is 14.5 Å². The van der Waals surface area contributed by atoms with Gasteiger partial charge in [0.05, 0.1) is 12.2 Å². The van der Waals surface area contributed by atoms with Crippen molar-refractivity contribution in [3.05, 3.63) is 46.4 Å². The summed E-state index contributed by atoms with van der Waals surface area (Å²) in [5.41, 5.74) is 7.57. The molecule has 1 unspecified atom stereocenters. The van der Waals surface area contributed by atoms with E-state index in [2.05, 4.69) is 10.3 Å². The second-order valence-corrected chi connectivity index (χ2v) is 9.87. The number of nitrogens with zero attached hydrogens (tertiary/aromatic N) is 3. The van der Waals surface area contributed by atoms with Crippen LogP contribution in [0.2, 0.25) is 0 Å². The van der Waals surface area contributed by atoms with E-state index in [0.29, 0.717) is 24.0 Å². The first-order chi connectivity index (χ1) is 17.0. The number of carbonyl (C=O) groups excluding carboxylic acids is 2. The van der Waals surface area contributed by atoms with Crippen LogP contribution >= 0.6 is 0 Å². The zero-order valence-electron chi connectivity index (χ0n) is 19.4. The molecule has 36 heavy (non-hydrogen) atoms. The predicted octanol–water partition coefficient (Wildman–Crippen LogP) is 3.71. The Kier molecular flexibility index (Phi) is 6.26. The van der Waals surface area contributed by atoms with Crippen LogP contribution in [0, 0.1) is 17.6 Å². The van der Waals surface area contributed by atoms with Gasteiger partial charge in [0.15, 0.2) is 17.5 Å². The minimum Gasteiger partial charge on any atom is -0.335 e. The molecule has 2 heterocycles. The standard InChI is InChI=1S/C24H26F5N5O2/c25-17-8-14(16(10-18(17)26)12-1-2-12)7-15(30)9-20(35)33-5-6-34-19(11-33)21(31-22(36)13-3-4-13)32-23(34)24(27,28)29/h8,10,12-13,15H,1-7,9,11,30H2,(H,31,36). The van der Waals surface area contributed by atoms with E-state index in [1.165, 1.54) is 11.0 Å². The van der Waals surface area contributed by atoms with Gasteiger partial charge in [0.1, 0.15) is 0 Å². The number of benzene rings is 1. The molecule has 12 heteroatoms. The monoisotopic (exact) mass is 511 g/mol. The maximum Gasteiger partial charge on any atom is 0.449 e. The highest BCUT2D eigenvalue weighted by Gasteiger charge is 2.41. The van der Waals surface area contributed by atoms with Crippen molar-refractivity contribution in [3.8, 4) is 0 Å². The van der Waals surface area contributed by atoms with Crippen molar-refractivity contribution in [3.63, 3.8) is 0 Å². The SMILES string of the molecule is NC(CC(=O)N1CCn2c(C(F)(F)F)nc(NC(=O)C3CC3)c2C1)Cc1cc(F)c(F)cc1C1CC1. The topological polar surface area (TPSA) is 93.2 Å². The second-order valence-electron chi connectivity index (χ2n) is 9.87. The van der Waals surface area contributed by atoms with Crippen molar-refractivity contribution >= 4 is 17.6 Å². The van der Waals surface area contributed by atoms with Gasteiger partial charge in [-0.15, -0.1) is 0 Å². The van der Waals surface area contributed by atoms with Gasteiger partial charge in [-0.05, 0) is 61.3 Å². The number of anilines is 1. The summed E-state index contributed by atoms with van der Waals surface area (Å²) < 4.78 is 69.2. The van der Waals surface area contributed by atoms with E-state index in [1.807, 2.05) is 0 Å². The van der Waals surface area contributed by atoms with Crippen LogP contribution < -0.4 is 11.1 Å². The maximum absolute atomic E-state index is 13.8. The zero-order valence-corrected chi connectivity index (χ0v) is 19.4. The Bertz CT molecular complexity index is 1200. The van der Waals surface area contributed by atoms with Gasteiger partial charge in [0.25, 0.3) is 0 Å². The third-order valence-electron chi connectivity index (χ3n) is 6.92. The molecule has 2 fully saturated rings. The lowest BCUT2D eigenvalue weighted by atomic mass is 9.95. The Morgan fingerprint density at radius 2 is 1.81 bits per heavy atom. The number of alkyl halides is 3. The van der Waals surface area contributed by atoms with Gasteiger partial charge in [-0.2, -0.15) is 13.2 Å². The molecule has 5 rings (SSSR count). The number of carbonyl (C=O) groups is 2. The minimum atomic E-state index is -4.71. The smallest absolute Gasteiger partial charge is 0.335 e. The van der Waals surface area contributed by atoms with Crippen LogP contribution in [-0.4, -0.2) is 38.9 Å². The third-order valence-corrected chi connectivity index (χ3v) is 6.92. The van der Waals surface area contributed by atoms with Crippen LogP contribution in [0.15, 0.2) is 12.1 Å². The fourth-order valence-electron chi connectivity index (χ4n) is 4.72. The number of fused-ring (bicyclic) bond motifs is 1. The van der Waals surface area contributed by atoms with E-state index >= 15 is 0 Å². The van der Waals surface area contributed by atoms with Gasteiger partial charge in [-0.25, -0.2) is 13.8 Å². The van der Waals surface area contributed by atoms with Crippen molar-refractivity contribution in [2.75, 3.05) is 11.9 Å². The predicted molar refractivity (Wildman–Crippen MR) is 119 cm³/mol. The lowest BCUT2D eigenvalue weighted by molar-refractivity contribution is -0.148. The van der Waals surface area contributed by atoms with Crippen LogP contribution in [0.5, 0.6) is 0 Å². The third kappa shape index (κ3) is 5.09. The molecule has 0 saturated heterocycles. The Balaban J connectivity index is 1.29. The molecule has 2 aliphatic carbocycles. The van der Waals surface area contributed by atoms with E-state index in [-0.39, 0.29) is 67.6 Å². The summed E-state index contributed by atoms with van der Waals surface area (Å²) in [6, 6.07) is 1.63. The molecule has 2 saturated carbocycles. The summed E-state index contributed by atoms with van der Waals surface area (Å²) in [5.74, 6) is -4.02. The number of rotatable bonds is 7. The Morgan fingerprint density at radius 3 is 2.44 bits per heavy atom. The minimum absolute atomic E-state index is 0.0203. The Morgan fingerprint density at radius 1 is 1.11 bits per heavy atom. The first kappa shape index (κ1) is 24.7. The van der Waals surface area contributed by atoms with Crippen LogP contribution in [-0.2, 0) is 35.3 Å².